The van der Waals surface area contributed by atoms with Crippen LogP contribution in [0.1, 0.15) is 50.3 Å². The van der Waals surface area contributed by atoms with Gasteiger partial charge in [-0.25, -0.2) is 4.98 Å². The number of nitrogens with one attached hydrogen (secondary N) is 1. The third kappa shape index (κ3) is 3.82. The van der Waals surface area contributed by atoms with Crippen LogP contribution in [0.25, 0.3) is 0 Å². The first-order valence-corrected chi connectivity index (χ1v) is 7.64. The molecule has 0 unspecified atom stereocenters. The largest absolute Gasteiger partial charge is 0.370 e. The fourth-order valence-corrected chi connectivity index (χ4v) is 2.78. The predicted octanol–water partition coefficient (Wildman–Crippen LogP) is 1.38. The second-order valence-corrected chi connectivity index (χ2v) is 6.02. The molecule has 2 heterocycles. The van der Waals surface area contributed by atoms with E-state index in [4.69, 9.17) is 10.7 Å². The molecule has 3 N–H and O–H groups in total. The second kappa shape index (κ2) is 6.88. The van der Waals surface area contributed by atoms with Gasteiger partial charge < -0.3 is 15.6 Å². The Kier molecular flexibility index (Phi) is 5.17. The van der Waals surface area contributed by atoms with Gasteiger partial charge in [-0.05, 0) is 18.8 Å². The zero-order valence-electron chi connectivity index (χ0n) is 12.6. The molecule has 0 fully saturated rings. The highest BCUT2D eigenvalue weighted by Crippen LogP contribution is 2.19. The fraction of sp³-hybridized carbons (Fsp3) is 0.733. The van der Waals surface area contributed by atoms with Crippen molar-refractivity contribution in [3.8, 4) is 0 Å². The molecule has 5 nitrogen and oxygen atoms in total. The van der Waals surface area contributed by atoms with Gasteiger partial charge in [-0.3, -0.25) is 4.79 Å². The van der Waals surface area contributed by atoms with Gasteiger partial charge in [0.05, 0.1) is 5.69 Å². The summed E-state index contributed by atoms with van der Waals surface area (Å²) in [6.45, 7) is 7.32. The first-order valence-electron chi connectivity index (χ1n) is 7.64. The smallest absolute Gasteiger partial charge is 0.217 e. The van der Waals surface area contributed by atoms with Crippen LogP contribution in [0.4, 0.5) is 0 Å². The number of primary amides is 1. The molecule has 1 aliphatic heterocycles. The van der Waals surface area contributed by atoms with E-state index in [1.807, 2.05) is 0 Å². The quantitative estimate of drug-likeness (QED) is 0.740. The van der Waals surface area contributed by atoms with Crippen LogP contribution in [0.15, 0.2) is 0 Å². The highest BCUT2D eigenvalue weighted by molar-refractivity contribution is 5.73. The zero-order chi connectivity index (χ0) is 14.5. The lowest BCUT2D eigenvalue weighted by Gasteiger charge is -2.16. The molecule has 1 aromatic rings. The van der Waals surface area contributed by atoms with Crippen molar-refractivity contribution in [2.75, 3.05) is 6.54 Å². The average Bonchev–Trinajstić information content (AvgIpc) is 2.71. The number of hydrogen-bond donors (Lipinski definition) is 2. The summed E-state index contributed by atoms with van der Waals surface area (Å²) in [4.78, 5) is 15.6. The summed E-state index contributed by atoms with van der Waals surface area (Å²) in [6.07, 6.45) is 4.41. The molecule has 0 radical (unpaired) electrons. The van der Waals surface area contributed by atoms with E-state index in [1.54, 1.807) is 0 Å². The van der Waals surface area contributed by atoms with Crippen LogP contribution in [0.2, 0.25) is 0 Å². The molecule has 5 heteroatoms. The monoisotopic (exact) mass is 278 g/mol. The van der Waals surface area contributed by atoms with Crippen molar-refractivity contribution in [3.63, 3.8) is 0 Å². The Morgan fingerprint density at radius 3 is 2.95 bits per heavy atom. The minimum absolute atomic E-state index is 0.204. The SMILES string of the molecule is CC(C)Cc1nc2c(n1CCCCC(N)=O)CCNC2. The Balaban J connectivity index is 2.07. The fourth-order valence-electron chi connectivity index (χ4n) is 2.78. The van der Waals surface area contributed by atoms with E-state index in [1.165, 1.54) is 17.2 Å². The van der Waals surface area contributed by atoms with Crippen LogP contribution in [0.3, 0.4) is 0 Å². The average molecular weight is 278 g/mol. The highest BCUT2D eigenvalue weighted by Gasteiger charge is 2.19. The number of unbranched alkanes of at least 4 members (excludes halogenated alkanes) is 1. The molecule has 20 heavy (non-hydrogen) atoms. The van der Waals surface area contributed by atoms with Crippen molar-refractivity contribution in [2.24, 2.45) is 11.7 Å². The van der Waals surface area contributed by atoms with E-state index in [9.17, 15) is 4.79 Å². The van der Waals surface area contributed by atoms with Gasteiger partial charge in [-0.1, -0.05) is 13.8 Å². The number of amides is 1. The lowest BCUT2D eigenvalue weighted by Crippen LogP contribution is -2.25. The van der Waals surface area contributed by atoms with Crippen molar-refractivity contribution < 1.29 is 4.79 Å². The van der Waals surface area contributed by atoms with Gasteiger partial charge in [-0.15, -0.1) is 0 Å². The van der Waals surface area contributed by atoms with Crippen LogP contribution in [0, 0.1) is 5.92 Å². The summed E-state index contributed by atoms with van der Waals surface area (Å²) in [5.41, 5.74) is 7.79. The Bertz CT molecular complexity index is 465. The molecule has 0 saturated carbocycles. The summed E-state index contributed by atoms with van der Waals surface area (Å²) in [6, 6.07) is 0. The molecule has 0 spiro atoms. The van der Waals surface area contributed by atoms with Crippen LogP contribution in [-0.2, 0) is 30.7 Å². The van der Waals surface area contributed by atoms with E-state index in [0.717, 1.165) is 45.3 Å². The molecule has 0 bridgehead atoms. The molecule has 2 rings (SSSR count). The molecular weight excluding hydrogens is 252 g/mol. The lowest BCUT2D eigenvalue weighted by molar-refractivity contribution is -0.118. The summed E-state index contributed by atoms with van der Waals surface area (Å²) >= 11 is 0. The Hall–Kier alpha value is -1.36. The van der Waals surface area contributed by atoms with E-state index in [0.29, 0.717) is 12.3 Å². The normalized spacial score (nSPS) is 14.6. The van der Waals surface area contributed by atoms with Crippen LogP contribution < -0.4 is 11.1 Å². The molecule has 1 aromatic heterocycles. The van der Waals surface area contributed by atoms with E-state index < -0.39 is 0 Å². The number of nitrogens with zero attached hydrogens (tertiary/aromatic N) is 2. The maximum atomic E-state index is 10.8. The number of hydrogen-bond acceptors (Lipinski definition) is 3. The molecule has 1 aliphatic rings. The topological polar surface area (TPSA) is 72.9 Å². The predicted molar refractivity (Wildman–Crippen MR) is 79.2 cm³/mol. The number of carbonyl (C=O) groups is 1. The molecule has 0 atom stereocenters. The van der Waals surface area contributed by atoms with Gasteiger partial charge in [0, 0.05) is 44.6 Å². The zero-order valence-corrected chi connectivity index (χ0v) is 12.6. The minimum atomic E-state index is -0.204. The molecular formula is C15H26N4O. The van der Waals surface area contributed by atoms with Gasteiger partial charge in [0.1, 0.15) is 5.82 Å². The van der Waals surface area contributed by atoms with Gasteiger partial charge in [-0.2, -0.15) is 0 Å². The van der Waals surface area contributed by atoms with Crippen LogP contribution in [-0.4, -0.2) is 22.0 Å². The maximum Gasteiger partial charge on any atom is 0.217 e. The summed E-state index contributed by atoms with van der Waals surface area (Å²) in [5.74, 6) is 1.60. The van der Waals surface area contributed by atoms with Crippen molar-refractivity contribution in [1.82, 2.24) is 14.9 Å². The lowest BCUT2D eigenvalue weighted by atomic mass is 10.1. The van der Waals surface area contributed by atoms with Crippen molar-refractivity contribution in [1.29, 1.82) is 0 Å². The van der Waals surface area contributed by atoms with Crippen molar-refractivity contribution in [3.05, 3.63) is 17.2 Å². The van der Waals surface area contributed by atoms with Crippen LogP contribution in [0.5, 0.6) is 0 Å². The van der Waals surface area contributed by atoms with E-state index in [2.05, 4.69) is 23.7 Å². The summed E-state index contributed by atoms with van der Waals surface area (Å²) in [7, 11) is 0. The van der Waals surface area contributed by atoms with Gasteiger partial charge in [0.15, 0.2) is 0 Å². The number of fused-ring (bicyclic) bond motifs is 1. The summed E-state index contributed by atoms with van der Waals surface area (Å²) < 4.78 is 2.39. The molecule has 1 amide bonds. The summed E-state index contributed by atoms with van der Waals surface area (Å²) in [5, 5.41) is 3.38. The number of carbonyl (C=O) groups excluding carboxylic acids is 1. The third-order valence-electron chi connectivity index (χ3n) is 3.71. The Morgan fingerprint density at radius 1 is 1.45 bits per heavy atom. The number of imidazole rings is 1. The maximum absolute atomic E-state index is 10.8. The van der Waals surface area contributed by atoms with Gasteiger partial charge in [0.2, 0.25) is 5.91 Å². The minimum Gasteiger partial charge on any atom is -0.370 e. The highest BCUT2D eigenvalue weighted by atomic mass is 16.1. The third-order valence-corrected chi connectivity index (χ3v) is 3.71. The van der Waals surface area contributed by atoms with Crippen LogP contribution >= 0.6 is 0 Å². The number of nitrogens with two attached hydrogens (primary N) is 1. The molecule has 112 valence electrons. The first kappa shape index (κ1) is 15.0. The van der Waals surface area contributed by atoms with Gasteiger partial charge >= 0.3 is 0 Å². The molecule has 0 aliphatic carbocycles. The molecule has 0 saturated heterocycles. The standard InChI is InChI=1S/C15H26N4O/c1-11(2)9-15-18-12-10-17-7-6-13(12)19(15)8-4-3-5-14(16)20/h11,17H,3-10H2,1-2H3,(H2,16,20). The Morgan fingerprint density at radius 2 is 2.25 bits per heavy atom. The number of aromatic nitrogens is 2. The Labute approximate surface area is 120 Å². The first-order chi connectivity index (χ1) is 9.58. The molecule has 0 aromatic carbocycles. The van der Waals surface area contributed by atoms with Gasteiger partial charge in [0.25, 0.3) is 0 Å². The van der Waals surface area contributed by atoms with E-state index >= 15 is 0 Å². The second-order valence-electron chi connectivity index (χ2n) is 6.02. The van der Waals surface area contributed by atoms with E-state index in [-0.39, 0.29) is 5.91 Å². The number of rotatable bonds is 7. The van der Waals surface area contributed by atoms with Crippen molar-refractivity contribution in [2.45, 2.75) is 59.0 Å². The van der Waals surface area contributed by atoms with Crippen molar-refractivity contribution >= 4 is 5.91 Å².